The van der Waals surface area contributed by atoms with Gasteiger partial charge in [0.05, 0.1) is 17.0 Å². The number of carbonyl (C=O) groups excluding carboxylic acids is 1. The number of rotatable bonds is 4. The standard InChI is InChI=1S/C21H17Cl2N5O/c1-3-17-18(13-4-6-14(22)7-5-13)20-26-25-19(12(2)28(20)27-17)21(29)24-16-10-8-15(23)9-11-16/h4-11H,3H2,1-2H3,(H,24,29). The molecule has 0 fully saturated rings. The van der Waals surface area contributed by atoms with Crippen LogP contribution < -0.4 is 5.32 Å². The van der Waals surface area contributed by atoms with Crippen molar-refractivity contribution in [1.82, 2.24) is 19.8 Å². The highest BCUT2D eigenvalue weighted by Crippen LogP contribution is 2.29. The van der Waals surface area contributed by atoms with Gasteiger partial charge in [0.1, 0.15) is 0 Å². The summed E-state index contributed by atoms with van der Waals surface area (Å²) in [4.78, 5) is 12.7. The quantitative estimate of drug-likeness (QED) is 0.486. The van der Waals surface area contributed by atoms with Crippen LogP contribution >= 0.6 is 23.2 Å². The number of aromatic nitrogens is 4. The molecular weight excluding hydrogens is 409 g/mol. The molecule has 146 valence electrons. The van der Waals surface area contributed by atoms with Gasteiger partial charge in [0.15, 0.2) is 11.3 Å². The fourth-order valence-electron chi connectivity index (χ4n) is 3.14. The molecule has 8 heteroatoms. The van der Waals surface area contributed by atoms with E-state index in [-0.39, 0.29) is 11.6 Å². The number of aryl methyl sites for hydroxylation is 2. The van der Waals surface area contributed by atoms with Crippen LogP contribution in [0.1, 0.15) is 28.8 Å². The van der Waals surface area contributed by atoms with Gasteiger partial charge in [0.25, 0.3) is 5.91 Å². The Bertz CT molecular complexity index is 1200. The van der Waals surface area contributed by atoms with Gasteiger partial charge >= 0.3 is 0 Å². The first-order valence-corrected chi connectivity index (χ1v) is 9.81. The Morgan fingerprint density at radius 3 is 2.24 bits per heavy atom. The number of amides is 1. The molecule has 0 saturated heterocycles. The molecule has 0 radical (unpaired) electrons. The molecule has 4 rings (SSSR count). The highest BCUT2D eigenvalue weighted by molar-refractivity contribution is 6.31. The Kier molecular flexibility index (Phi) is 5.22. The number of hydrogen-bond acceptors (Lipinski definition) is 4. The Labute approximate surface area is 177 Å². The van der Waals surface area contributed by atoms with Gasteiger partial charge in [-0.15, -0.1) is 10.2 Å². The lowest BCUT2D eigenvalue weighted by atomic mass is 10.0. The van der Waals surface area contributed by atoms with Crippen LogP contribution in [-0.2, 0) is 6.42 Å². The van der Waals surface area contributed by atoms with Crippen molar-refractivity contribution in [3.8, 4) is 11.1 Å². The Balaban J connectivity index is 1.77. The summed E-state index contributed by atoms with van der Waals surface area (Å²) in [7, 11) is 0. The lowest BCUT2D eigenvalue weighted by Gasteiger charge is -2.08. The lowest BCUT2D eigenvalue weighted by Crippen LogP contribution is -2.18. The molecule has 2 aromatic heterocycles. The predicted octanol–water partition coefficient (Wildman–Crippen LogP) is 5.22. The second-order valence-electron chi connectivity index (χ2n) is 6.51. The second kappa shape index (κ2) is 7.81. The largest absolute Gasteiger partial charge is 0.321 e. The molecule has 0 aliphatic rings. The number of halogens is 2. The number of fused-ring (bicyclic) bond motifs is 1. The van der Waals surface area contributed by atoms with Crippen LogP contribution in [0.4, 0.5) is 5.69 Å². The molecule has 0 unspecified atom stereocenters. The van der Waals surface area contributed by atoms with E-state index in [1.54, 1.807) is 35.7 Å². The molecule has 2 aromatic carbocycles. The van der Waals surface area contributed by atoms with Crippen molar-refractivity contribution in [2.24, 2.45) is 0 Å². The van der Waals surface area contributed by atoms with E-state index in [4.69, 9.17) is 23.2 Å². The highest BCUT2D eigenvalue weighted by Gasteiger charge is 2.21. The van der Waals surface area contributed by atoms with Gasteiger partial charge < -0.3 is 5.32 Å². The summed E-state index contributed by atoms with van der Waals surface area (Å²) in [5.74, 6) is -0.360. The van der Waals surface area contributed by atoms with E-state index >= 15 is 0 Å². The molecule has 0 atom stereocenters. The molecule has 0 aliphatic carbocycles. The molecule has 0 spiro atoms. The summed E-state index contributed by atoms with van der Waals surface area (Å²) >= 11 is 11.9. The highest BCUT2D eigenvalue weighted by atomic mass is 35.5. The maximum absolute atomic E-state index is 12.7. The maximum Gasteiger partial charge on any atom is 0.278 e. The maximum atomic E-state index is 12.7. The van der Waals surface area contributed by atoms with Crippen LogP contribution in [0.2, 0.25) is 10.0 Å². The van der Waals surface area contributed by atoms with Crippen LogP contribution in [0.25, 0.3) is 16.8 Å². The third-order valence-electron chi connectivity index (χ3n) is 4.62. The number of benzene rings is 2. The first kappa shape index (κ1) is 19.4. The third kappa shape index (κ3) is 3.69. The van der Waals surface area contributed by atoms with Crippen molar-refractivity contribution < 1.29 is 4.79 Å². The fraction of sp³-hybridized carbons (Fsp3) is 0.143. The zero-order valence-corrected chi connectivity index (χ0v) is 17.3. The SMILES string of the molecule is CCc1nn2c(C)c(C(=O)Nc3ccc(Cl)cc3)nnc2c1-c1ccc(Cl)cc1. The monoisotopic (exact) mass is 425 g/mol. The van der Waals surface area contributed by atoms with E-state index in [2.05, 4.69) is 20.6 Å². The summed E-state index contributed by atoms with van der Waals surface area (Å²) in [6, 6.07) is 14.4. The van der Waals surface area contributed by atoms with Crippen molar-refractivity contribution in [3.05, 3.63) is 75.7 Å². The summed E-state index contributed by atoms with van der Waals surface area (Å²) in [5.41, 5.74) is 4.76. The average molecular weight is 426 g/mol. The third-order valence-corrected chi connectivity index (χ3v) is 5.13. The van der Waals surface area contributed by atoms with Crippen LogP contribution in [0.15, 0.2) is 48.5 Å². The van der Waals surface area contributed by atoms with Crippen molar-refractivity contribution in [3.63, 3.8) is 0 Å². The summed E-state index contributed by atoms with van der Waals surface area (Å²) in [6.45, 7) is 3.83. The topological polar surface area (TPSA) is 72.2 Å². The number of hydrogen-bond donors (Lipinski definition) is 1. The number of anilines is 1. The summed E-state index contributed by atoms with van der Waals surface area (Å²) in [5, 5.41) is 17.3. The first-order chi connectivity index (χ1) is 14.0. The molecule has 1 amide bonds. The second-order valence-corrected chi connectivity index (χ2v) is 7.39. The molecule has 4 aromatic rings. The Morgan fingerprint density at radius 1 is 1.00 bits per heavy atom. The smallest absolute Gasteiger partial charge is 0.278 e. The van der Waals surface area contributed by atoms with E-state index in [9.17, 15) is 4.79 Å². The number of carbonyl (C=O) groups is 1. The van der Waals surface area contributed by atoms with Gasteiger partial charge in [0, 0.05) is 15.7 Å². The van der Waals surface area contributed by atoms with Crippen LogP contribution in [0.5, 0.6) is 0 Å². The van der Waals surface area contributed by atoms with Gasteiger partial charge in [-0.05, 0) is 55.3 Å². The summed E-state index contributed by atoms with van der Waals surface area (Å²) in [6.07, 6.45) is 0.715. The van der Waals surface area contributed by atoms with Crippen molar-refractivity contribution >= 4 is 40.4 Å². The number of nitrogens with one attached hydrogen (secondary N) is 1. The van der Waals surface area contributed by atoms with Crippen LogP contribution in [0.3, 0.4) is 0 Å². The van der Waals surface area contributed by atoms with Crippen molar-refractivity contribution in [2.45, 2.75) is 20.3 Å². The normalized spacial score (nSPS) is 11.0. The molecule has 6 nitrogen and oxygen atoms in total. The molecule has 2 heterocycles. The van der Waals surface area contributed by atoms with E-state index in [0.717, 1.165) is 16.8 Å². The lowest BCUT2D eigenvalue weighted by molar-refractivity contribution is 0.102. The van der Waals surface area contributed by atoms with Crippen LogP contribution in [-0.4, -0.2) is 25.7 Å². The Hall–Kier alpha value is -2.96. The molecule has 0 saturated carbocycles. The fourth-order valence-corrected chi connectivity index (χ4v) is 3.39. The van der Waals surface area contributed by atoms with Gasteiger partial charge in [-0.25, -0.2) is 4.52 Å². The van der Waals surface area contributed by atoms with E-state index < -0.39 is 0 Å². The van der Waals surface area contributed by atoms with E-state index in [0.29, 0.717) is 33.5 Å². The van der Waals surface area contributed by atoms with Crippen molar-refractivity contribution in [2.75, 3.05) is 5.32 Å². The van der Waals surface area contributed by atoms with Crippen molar-refractivity contribution in [1.29, 1.82) is 0 Å². The number of nitrogens with zero attached hydrogens (tertiary/aromatic N) is 4. The van der Waals surface area contributed by atoms with E-state index in [1.807, 2.05) is 31.2 Å². The van der Waals surface area contributed by atoms with Gasteiger partial charge in [-0.2, -0.15) is 5.10 Å². The molecule has 0 bridgehead atoms. The van der Waals surface area contributed by atoms with Crippen LogP contribution in [0, 0.1) is 6.92 Å². The predicted molar refractivity (Wildman–Crippen MR) is 115 cm³/mol. The first-order valence-electron chi connectivity index (χ1n) is 9.05. The molecule has 0 aliphatic heterocycles. The van der Waals surface area contributed by atoms with Gasteiger partial charge in [-0.1, -0.05) is 42.3 Å². The minimum atomic E-state index is -0.360. The van der Waals surface area contributed by atoms with Gasteiger partial charge in [-0.3, -0.25) is 4.79 Å². The molecule has 1 N–H and O–H groups in total. The molecule has 29 heavy (non-hydrogen) atoms. The zero-order valence-electron chi connectivity index (χ0n) is 15.8. The minimum absolute atomic E-state index is 0.209. The zero-order chi connectivity index (χ0) is 20.5. The Morgan fingerprint density at radius 2 is 1.62 bits per heavy atom. The summed E-state index contributed by atoms with van der Waals surface area (Å²) < 4.78 is 1.67. The molecular formula is C21H17Cl2N5O. The average Bonchev–Trinajstić information content (AvgIpc) is 3.10. The van der Waals surface area contributed by atoms with E-state index in [1.165, 1.54) is 0 Å². The minimum Gasteiger partial charge on any atom is -0.321 e. The van der Waals surface area contributed by atoms with Gasteiger partial charge in [0.2, 0.25) is 0 Å².